The number of carbonyl (C=O) groups is 1. The molecule has 1 aliphatic carbocycles. The van der Waals surface area contributed by atoms with Crippen LogP contribution in [0.4, 0.5) is 5.69 Å². The molecule has 0 aromatic carbocycles. The predicted octanol–water partition coefficient (Wildman–Crippen LogP) is 1.80. The zero-order valence-corrected chi connectivity index (χ0v) is 10.9. The van der Waals surface area contributed by atoms with Crippen LogP contribution < -0.4 is 11.1 Å². The Kier molecular flexibility index (Phi) is 2.48. The summed E-state index contributed by atoms with van der Waals surface area (Å²) < 4.78 is 0. The van der Waals surface area contributed by atoms with Gasteiger partial charge in [0.1, 0.15) is 9.71 Å². The van der Waals surface area contributed by atoms with Crippen molar-refractivity contribution in [2.24, 2.45) is 5.41 Å². The fraction of sp³-hybridized carbons (Fsp3) is 0.417. The number of nitrogens with zero attached hydrogens (tertiary/aromatic N) is 2. The van der Waals surface area contributed by atoms with Gasteiger partial charge in [-0.1, -0.05) is 6.92 Å². The molecule has 0 atom stereocenters. The third kappa shape index (κ3) is 1.92. The van der Waals surface area contributed by atoms with Gasteiger partial charge in [-0.25, -0.2) is 0 Å². The van der Waals surface area contributed by atoms with Gasteiger partial charge in [-0.05, 0) is 24.3 Å². The lowest BCUT2D eigenvalue weighted by Gasteiger charge is -2.09. The van der Waals surface area contributed by atoms with E-state index in [2.05, 4.69) is 22.4 Å². The number of carbonyl (C=O) groups excluding carboxylic acids is 1. The van der Waals surface area contributed by atoms with Crippen LogP contribution in [0.25, 0.3) is 10.2 Å². The summed E-state index contributed by atoms with van der Waals surface area (Å²) in [6.07, 6.45) is 3.94. The minimum absolute atomic E-state index is 0.108. The fourth-order valence-electron chi connectivity index (χ4n) is 1.81. The lowest BCUT2D eigenvalue weighted by atomic mass is 10.1. The number of fused-ring (bicyclic) bond motifs is 1. The fourth-order valence-corrected chi connectivity index (χ4v) is 2.76. The van der Waals surface area contributed by atoms with E-state index in [1.165, 1.54) is 24.2 Å². The zero-order valence-electron chi connectivity index (χ0n) is 10.1. The van der Waals surface area contributed by atoms with Crippen LogP contribution >= 0.6 is 11.3 Å². The zero-order chi connectivity index (χ0) is 12.8. The summed E-state index contributed by atoms with van der Waals surface area (Å²) in [6, 6.07) is 1.78. The van der Waals surface area contributed by atoms with Crippen molar-refractivity contribution in [3.8, 4) is 0 Å². The molecule has 0 radical (unpaired) electrons. The highest BCUT2D eigenvalue weighted by Crippen LogP contribution is 2.44. The lowest BCUT2D eigenvalue weighted by Crippen LogP contribution is -2.28. The van der Waals surface area contributed by atoms with E-state index < -0.39 is 0 Å². The molecule has 0 bridgehead atoms. The second kappa shape index (κ2) is 3.91. The Hall–Kier alpha value is -1.69. The number of amides is 1. The van der Waals surface area contributed by atoms with E-state index in [0.29, 0.717) is 27.4 Å². The van der Waals surface area contributed by atoms with E-state index in [1.54, 1.807) is 12.3 Å². The van der Waals surface area contributed by atoms with Crippen molar-refractivity contribution in [1.29, 1.82) is 0 Å². The molecule has 1 aliphatic rings. The molecule has 94 valence electrons. The predicted molar refractivity (Wildman–Crippen MR) is 71.5 cm³/mol. The Morgan fingerprint density at radius 3 is 3.06 bits per heavy atom. The van der Waals surface area contributed by atoms with Gasteiger partial charge in [0.2, 0.25) is 0 Å². The number of rotatable bonds is 3. The Morgan fingerprint density at radius 2 is 2.39 bits per heavy atom. The van der Waals surface area contributed by atoms with Crippen molar-refractivity contribution in [3.63, 3.8) is 0 Å². The van der Waals surface area contributed by atoms with Gasteiger partial charge in [0, 0.05) is 11.9 Å². The Morgan fingerprint density at radius 1 is 1.61 bits per heavy atom. The van der Waals surface area contributed by atoms with Gasteiger partial charge in [-0.15, -0.1) is 16.4 Å². The highest BCUT2D eigenvalue weighted by atomic mass is 32.1. The topological polar surface area (TPSA) is 80.9 Å². The molecular formula is C12H14N4OS. The molecule has 2 aromatic rings. The third-order valence-electron chi connectivity index (χ3n) is 3.41. The first-order chi connectivity index (χ1) is 8.59. The lowest BCUT2D eigenvalue weighted by molar-refractivity contribution is 0.0951. The van der Waals surface area contributed by atoms with Crippen LogP contribution in [0.5, 0.6) is 0 Å². The molecule has 5 nitrogen and oxygen atoms in total. The quantitative estimate of drug-likeness (QED) is 0.883. The molecule has 18 heavy (non-hydrogen) atoms. The maximum Gasteiger partial charge on any atom is 0.263 e. The SMILES string of the molecule is CC1(CNC(=O)c2sc3nnccc3c2N)CC1. The summed E-state index contributed by atoms with van der Waals surface area (Å²) in [6.45, 7) is 2.89. The number of nitrogens with two attached hydrogens (primary N) is 1. The van der Waals surface area contributed by atoms with E-state index >= 15 is 0 Å². The average Bonchev–Trinajstić information content (AvgIpc) is 3.02. The molecule has 1 fully saturated rings. The molecule has 1 saturated carbocycles. The van der Waals surface area contributed by atoms with Crippen LogP contribution in [0.15, 0.2) is 12.3 Å². The van der Waals surface area contributed by atoms with Crippen molar-refractivity contribution in [2.45, 2.75) is 19.8 Å². The van der Waals surface area contributed by atoms with E-state index in [9.17, 15) is 4.79 Å². The molecule has 3 N–H and O–H groups in total. The largest absolute Gasteiger partial charge is 0.397 e. The Balaban J connectivity index is 1.84. The first-order valence-electron chi connectivity index (χ1n) is 5.87. The van der Waals surface area contributed by atoms with Crippen molar-refractivity contribution in [2.75, 3.05) is 12.3 Å². The van der Waals surface area contributed by atoms with Crippen LogP contribution in [0.2, 0.25) is 0 Å². The number of hydrogen-bond donors (Lipinski definition) is 2. The van der Waals surface area contributed by atoms with Gasteiger partial charge in [0.05, 0.1) is 11.9 Å². The van der Waals surface area contributed by atoms with Crippen molar-refractivity contribution in [1.82, 2.24) is 15.5 Å². The third-order valence-corrected chi connectivity index (χ3v) is 4.51. The van der Waals surface area contributed by atoms with Gasteiger partial charge in [0.25, 0.3) is 5.91 Å². The minimum atomic E-state index is -0.108. The van der Waals surface area contributed by atoms with Crippen LogP contribution in [0, 0.1) is 5.41 Å². The molecule has 3 rings (SSSR count). The highest BCUT2D eigenvalue weighted by Gasteiger charge is 2.37. The summed E-state index contributed by atoms with van der Waals surface area (Å²) in [5, 5.41) is 11.5. The molecule has 0 saturated heterocycles. The van der Waals surface area contributed by atoms with E-state index in [0.717, 1.165) is 5.39 Å². The summed E-state index contributed by atoms with van der Waals surface area (Å²) in [5.41, 5.74) is 6.77. The van der Waals surface area contributed by atoms with E-state index in [4.69, 9.17) is 5.73 Å². The summed E-state index contributed by atoms with van der Waals surface area (Å²) in [5.74, 6) is -0.108. The number of nitrogens with one attached hydrogen (secondary N) is 1. The summed E-state index contributed by atoms with van der Waals surface area (Å²) >= 11 is 1.29. The first-order valence-corrected chi connectivity index (χ1v) is 6.69. The van der Waals surface area contributed by atoms with Gasteiger partial charge >= 0.3 is 0 Å². The maximum atomic E-state index is 12.1. The van der Waals surface area contributed by atoms with Crippen LogP contribution in [-0.2, 0) is 0 Å². The minimum Gasteiger partial charge on any atom is -0.397 e. The average molecular weight is 262 g/mol. The van der Waals surface area contributed by atoms with Crippen molar-refractivity contribution < 1.29 is 4.79 Å². The molecule has 2 aromatic heterocycles. The smallest absolute Gasteiger partial charge is 0.263 e. The summed E-state index contributed by atoms with van der Waals surface area (Å²) in [4.78, 5) is 13.3. The first kappa shape index (κ1) is 11.4. The van der Waals surface area contributed by atoms with Crippen molar-refractivity contribution in [3.05, 3.63) is 17.1 Å². The molecular weight excluding hydrogens is 248 g/mol. The van der Waals surface area contributed by atoms with Gasteiger partial charge in [-0.2, -0.15) is 5.10 Å². The number of thiophene rings is 1. The molecule has 2 heterocycles. The van der Waals surface area contributed by atoms with E-state index in [-0.39, 0.29) is 5.91 Å². The standard InChI is InChI=1S/C12H14N4OS/c1-12(3-4-12)6-14-10(17)9-8(13)7-2-5-15-16-11(7)18-9/h2,5H,3-4,6,13H2,1H3,(H,14,17). The number of nitrogen functional groups attached to an aromatic ring is 1. The second-order valence-corrected chi connectivity index (χ2v) is 6.09. The molecule has 1 amide bonds. The highest BCUT2D eigenvalue weighted by molar-refractivity contribution is 7.21. The van der Waals surface area contributed by atoms with Gasteiger partial charge < -0.3 is 11.1 Å². The second-order valence-electron chi connectivity index (χ2n) is 5.09. The monoisotopic (exact) mass is 262 g/mol. The van der Waals surface area contributed by atoms with Gasteiger partial charge in [0.15, 0.2) is 0 Å². The van der Waals surface area contributed by atoms with Crippen LogP contribution in [0.1, 0.15) is 29.4 Å². The number of hydrogen-bond acceptors (Lipinski definition) is 5. The number of anilines is 1. The molecule has 6 heteroatoms. The van der Waals surface area contributed by atoms with E-state index in [1.807, 2.05) is 0 Å². The van der Waals surface area contributed by atoms with Crippen LogP contribution in [0.3, 0.4) is 0 Å². The van der Waals surface area contributed by atoms with Gasteiger partial charge in [-0.3, -0.25) is 4.79 Å². The number of aromatic nitrogens is 2. The Bertz CT molecular complexity index is 618. The Labute approximate surface area is 108 Å². The molecule has 0 spiro atoms. The maximum absolute atomic E-state index is 12.1. The summed E-state index contributed by atoms with van der Waals surface area (Å²) in [7, 11) is 0. The molecule has 0 aliphatic heterocycles. The van der Waals surface area contributed by atoms with Crippen LogP contribution in [-0.4, -0.2) is 22.6 Å². The van der Waals surface area contributed by atoms with Crippen molar-refractivity contribution >= 4 is 33.1 Å². The normalized spacial score (nSPS) is 16.7. The molecule has 0 unspecified atom stereocenters.